The van der Waals surface area contributed by atoms with Crippen LogP contribution in [0.25, 0.3) is 0 Å². The highest BCUT2D eigenvalue weighted by atomic mass is 79.9. The number of hydrogen-bond acceptors (Lipinski definition) is 4. The summed E-state index contributed by atoms with van der Waals surface area (Å²) in [5.41, 5.74) is 6.04. The first-order valence-electron chi connectivity index (χ1n) is 4.98. The van der Waals surface area contributed by atoms with Gasteiger partial charge in [-0.25, -0.2) is 0 Å². The zero-order valence-electron chi connectivity index (χ0n) is 8.80. The molecule has 1 unspecified atom stereocenters. The minimum absolute atomic E-state index is 0.00853. The van der Waals surface area contributed by atoms with Crippen molar-refractivity contribution in [1.29, 1.82) is 0 Å². The number of benzene rings is 1. The summed E-state index contributed by atoms with van der Waals surface area (Å²) in [7, 11) is 0. The summed E-state index contributed by atoms with van der Waals surface area (Å²) in [6, 6.07) is 4.40. The van der Waals surface area contributed by atoms with Crippen LogP contribution in [0.15, 0.2) is 18.2 Å². The Balaban J connectivity index is 2.51. The third-order valence-corrected chi connectivity index (χ3v) is 3.20. The van der Waals surface area contributed by atoms with Gasteiger partial charge in [-0.3, -0.25) is 14.9 Å². The first-order chi connectivity index (χ1) is 8.00. The Morgan fingerprint density at radius 1 is 1.53 bits per heavy atom. The number of nitro groups is 1. The average molecular weight is 300 g/mol. The Labute approximate surface area is 106 Å². The van der Waals surface area contributed by atoms with Crippen LogP contribution in [0.5, 0.6) is 0 Å². The van der Waals surface area contributed by atoms with Crippen molar-refractivity contribution in [3.8, 4) is 0 Å². The first-order valence-corrected chi connectivity index (χ1v) is 5.89. The lowest BCUT2D eigenvalue weighted by molar-refractivity contribution is -0.384. The molecule has 1 fully saturated rings. The summed E-state index contributed by atoms with van der Waals surface area (Å²) in [6.45, 7) is 0.397. The molecule has 7 heteroatoms. The van der Waals surface area contributed by atoms with Crippen LogP contribution in [0.4, 0.5) is 17.1 Å². The van der Waals surface area contributed by atoms with Gasteiger partial charge < -0.3 is 10.6 Å². The minimum atomic E-state index is -0.527. The molecule has 1 aliphatic rings. The van der Waals surface area contributed by atoms with E-state index in [2.05, 4.69) is 15.9 Å². The van der Waals surface area contributed by atoms with Crippen molar-refractivity contribution in [3.05, 3.63) is 28.3 Å². The number of nitrogens with two attached hydrogens (primary N) is 1. The second kappa shape index (κ2) is 4.33. The summed E-state index contributed by atoms with van der Waals surface area (Å²) in [4.78, 5) is 23.5. The number of halogens is 1. The van der Waals surface area contributed by atoms with E-state index in [0.29, 0.717) is 13.0 Å². The normalized spacial score (nSPS) is 19.7. The van der Waals surface area contributed by atoms with Crippen LogP contribution < -0.4 is 10.6 Å². The highest BCUT2D eigenvalue weighted by Crippen LogP contribution is 2.37. The number of para-hydroxylation sites is 1. The van der Waals surface area contributed by atoms with E-state index in [9.17, 15) is 14.9 Å². The van der Waals surface area contributed by atoms with Crippen LogP contribution in [0.1, 0.15) is 6.42 Å². The molecular formula is C10H10BrN3O3. The number of nitrogens with zero attached hydrogens (tertiary/aromatic N) is 2. The quantitative estimate of drug-likeness (QED) is 0.389. The van der Waals surface area contributed by atoms with Gasteiger partial charge in [-0.1, -0.05) is 22.0 Å². The largest absolute Gasteiger partial charge is 0.397 e. The fraction of sp³-hybridized carbons (Fsp3) is 0.300. The van der Waals surface area contributed by atoms with Crippen LogP contribution in [0.2, 0.25) is 0 Å². The van der Waals surface area contributed by atoms with Crippen LogP contribution >= 0.6 is 15.9 Å². The Morgan fingerprint density at radius 3 is 2.76 bits per heavy atom. The van der Waals surface area contributed by atoms with Gasteiger partial charge in [0.15, 0.2) is 0 Å². The number of nitrogen functional groups attached to an aromatic ring is 1. The fourth-order valence-corrected chi connectivity index (χ4v) is 2.44. The molecular weight excluding hydrogens is 290 g/mol. The molecule has 17 heavy (non-hydrogen) atoms. The standard InChI is InChI=1S/C10H10BrN3O3/c11-6-4-9(15)13(5-6)10-7(12)2-1-3-8(10)14(16)17/h1-3,6H,4-5,12H2. The minimum Gasteiger partial charge on any atom is -0.397 e. The molecule has 0 spiro atoms. The van der Waals surface area contributed by atoms with Gasteiger partial charge in [0.2, 0.25) is 5.91 Å². The Hall–Kier alpha value is -1.63. The third kappa shape index (κ3) is 2.10. The fourth-order valence-electron chi connectivity index (χ4n) is 1.87. The van der Waals surface area contributed by atoms with Gasteiger partial charge >= 0.3 is 0 Å². The summed E-state index contributed by atoms with van der Waals surface area (Å²) in [6.07, 6.45) is 0.325. The number of hydrogen-bond donors (Lipinski definition) is 1. The van der Waals surface area contributed by atoms with E-state index >= 15 is 0 Å². The molecule has 6 nitrogen and oxygen atoms in total. The van der Waals surface area contributed by atoms with E-state index in [-0.39, 0.29) is 27.8 Å². The van der Waals surface area contributed by atoms with Gasteiger partial charge in [0.25, 0.3) is 5.69 Å². The number of carbonyl (C=O) groups excluding carboxylic acids is 1. The molecule has 0 saturated carbocycles. The maximum atomic E-state index is 11.7. The molecule has 2 rings (SSSR count). The molecule has 0 bridgehead atoms. The van der Waals surface area contributed by atoms with Crippen LogP contribution in [-0.2, 0) is 4.79 Å². The number of nitro benzene ring substituents is 1. The van der Waals surface area contributed by atoms with E-state index in [4.69, 9.17) is 5.73 Å². The number of amides is 1. The van der Waals surface area contributed by atoms with Gasteiger partial charge in [0, 0.05) is 23.9 Å². The lowest BCUT2D eigenvalue weighted by Crippen LogP contribution is -2.26. The smallest absolute Gasteiger partial charge is 0.295 e. The van der Waals surface area contributed by atoms with E-state index in [1.165, 1.54) is 17.0 Å². The zero-order valence-corrected chi connectivity index (χ0v) is 10.4. The number of rotatable bonds is 2. The van der Waals surface area contributed by atoms with E-state index < -0.39 is 4.92 Å². The lowest BCUT2D eigenvalue weighted by atomic mass is 10.2. The molecule has 90 valence electrons. The predicted molar refractivity (Wildman–Crippen MR) is 67.2 cm³/mol. The molecule has 1 heterocycles. The highest BCUT2D eigenvalue weighted by molar-refractivity contribution is 9.09. The molecule has 2 N–H and O–H groups in total. The third-order valence-electron chi connectivity index (χ3n) is 2.59. The molecule has 1 saturated heterocycles. The second-order valence-electron chi connectivity index (χ2n) is 3.78. The Bertz CT molecular complexity index is 492. The summed E-state index contributed by atoms with van der Waals surface area (Å²) in [5, 5.41) is 10.9. The first kappa shape index (κ1) is 11.8. The van der Waals surface area contributed by atoms with Gasteiger partial charge in [0.05, 0.1) is 10.6 Å². The average Bonchev–Trinajstić information content (AvgIpc) is 2.57. The summed E-state index contributed by atoms with van der Waals surface area (Å²) >= 11 is 3.33. The molecule has 0 radical (unpaired) electrons. The molecule has 0 aliphatic carbocycles. The lowest BCUT2D eigenvalue weighted by Gasteiger charge is -2.17. The van der Waals surface area contributed by atoms with Gasteiger partial charge in [-0.2, -0.15) is 0 Å². The topological polar surface area (TPSA) is 89.5 Å². The molecule has 1 amide bonds. The van der Waals surface area contributed by atoms with Crippen molar-refractivity contribution in [2.24, 2.45) is 0 Å². The van der Waals surface area contributed by atoms with E-state index in [0.717, 1.165) is 0 Å². The zero-order chi connectivity index (χ0) is 12.6. The molecule has 1 atom stereocenters. The maximum absolute atomic E-state index is 11.7. The maximum Gasteiger partial charge on any atom is 0.295 e. The Kier molecular flexibility index (Phi) is 3.01. The summed E-state index contributed by atoms with van der Waals surface area (Å²) in [5.74, 6) is -0.159. The van der Waals surface area contributed by atoms with Crippen LogP contribution in [-0.4, -0.2) is 22.2 Å². The number of carbonyl (C=O) groups is 1. The van der Waals surface area contributed by atoms with E-state index in [1.54, 1.807) is 6.07 Å². The van der Waals surface area contributed by atoms with Crippen molar-refractivity contribution in [3.63, 3.8) is 0 Å². The van der Waals surface area contributed by atoms with Crippen molar-refractivity contribution in [2.45, 2.75) is 11.2 Å². The predicted octanol–water partition coefficient (Wildman–Crippen LogP) is 1.68. The molecule has 1 aliphatic heterocycles. The molecule has 0 aromatic heterocycles. The second-order valence-corrected chi connectivity index (χ2v) is 5.07. The van der Waals surface area contributed by atoms with Crippen LogP contribution in [0.3, 0.4) is 0 Å². The highest BCUT2D eigenvalue weighted by Gasteiger charge is 2.34. The summed E-state index contributed by atoms with van der Waals surface area (Å²) < 4.78 is 0. The molecule has 1 aromatic carbocycles. The Morgan fingerprint density at radius 2 is 2.24 bits per heavy atom. The monoisotopic (exact) mass is 299 g/mol. The van der Waals surface area contributed by atoms with E-state index in [1.807, 2.05) is 0 Å². The van der Waals surface area contributed by atoms with Crippen molar-refractivity contribution < 1.29 is 9.72 Å². The van der Waals surface area contributed by atoms with Gasteiger partial charge in [0.1, 0.15) is 5.69 Å². The number of alkyl halides is 1. The number of anilines is 2. The SMILES string of the molecule is Nc1cccc([N+](=O)[O-])c1N1CC(Br)CC1=O. The molecule has 1 aromatic rings. The van der Waals surface area contributed by atoms with Gasteiger partial charge in [-0.05, 0) is 6.07 Å². The van der Waals surface area contributed by atoms with Crippen molar-refractivity contribution in [1.82, 2.24) is 0 Å². The van der Waals surface area contributed by atoms with Crippen molar-refractivity contribution >= 4 is 38.9 Å². The van der Waals surface area contributed by atoms with Crippen molar-refractivity contribution in [2.75, 3.05) is 17.2 Å². The van der Waals surface area contributed by atoms with Gasteiger partial charge in [-0.15, -0.1) is 0 Å². The van der Waals surface area contributed by atoms with Crippen LogP contribution in [0, 0.1) is 10.1 Å².